The highest BCUT2D eigenvalue weighted by atomic mass is 16.7. The molecule has 2 aromatic rings. The Hall–Kier alpha value is -3.09. The molecule has 0 spiro atoms. The van der Waals surface area contributed by atoms with Crippen molar-refractivity contribution in [2.75, 3.05) is 6.61 Å². The Morgan fingerprint density at radius 3 is 2.41 bits per heavy atom. The van der Waals surface area contributed by atoms with E-state index >= 15 is 0 Å². The zero-order chi connectivity index (χ0) is 23.2. The average Bonchev–Trinajstić information content (AvgIpc) is 2.77. The molecule has 2 aliphatic heterocycles. The number of hydrogen-bond donors (Lipinski definition) is 7. The smallest absolute Gasteiger partial charge is 0.229 e. The third-order valence-electron chi connectivity index (χ3n) is 5.49. The number of ether oxygens (including phenoxy) is 3. The number of aromatic hydroxyl groups is 3. The highest BCUT2D eigenvalue weighted by Crippen LogP contribution is 2.46. The SMILES string of the molecule is O=C1C[C@H](c2ccc(O)c(O)c2)Oc2c1ccc(O[C@H]1O[C@@H](CO)[C@H](O)[C@H](O)[C@@H]1O)c2O. The molecule has 2 aliphatic rings. The second kappa shape index (κ2) is 8.45. The van der Waals surface area contributed by atoms with Crippen molar-refractivity contribution in [1.82, 2.24) is 0 Å². The fraction of sp³-hybridized carbons (Fsp3) is 0.381. The van der Waals surface area contributed by atoms with Crippen LogP contribution in [0.3, 0.4) is 0 Å². The topological polar surface area (TPSA) is 186 Å². The standard InChI is InChI=1S/C21H22O11/c22-7-15-16(26)18(28)19(29)21(32-15)31-13-4-2-9-11(24)6-14(30-20(9)17(13)27)8-1-3-10(23)12(25)5-8/h1-5,14-16,18-19,21-23,25-29H,6-7H2/t14-,15+,16+,18+,19+,21+/m1/s1. The first-order valence-corrected chi connectivity index (χ1v) is 9.76. The Balaban J connectivity index is 1.61. The van der Waals surface area contributed by atoms with Crippen LogP contribution in [-0.2, 0) is 4.74 Å². The molecule has 2 aromatic carbocycles. The molecule has 7 N–H and O–H groups in total. The summed E-state index contributed by atoms with van der Waals surface area (Å²) in [6.07, 6.45) is -8.64. The monoisotopic (exact) mass is 450 g/mol. The van der Waals surface area contributed by atoms with Gasteiger partial charge in [0, 0.05) is 0 Å². The van der Waals surface area contributed by atoms with Gasteiger partial charge in [-0.2, -0.15) is 0 Å². The van der Waals surface area contributed by atoms with Crippen molar-refractivity contribution in [1.29, 1.82) is 0 Å². The number of phenols is 3. The molecule has 0 unspecified atom stereocenters. The van der Waals surface area contributed by atoms with Crippen LogP contribution in [0.5, 0.6) is 28.7 Å². The van der Waals surface area contributed by atoms with Crippen LogP contribution in [0.4, 0.5) is 0 Å². The average molecular weight is 450 g/mol. The van der Waals surface area contributed by atoms with Crippen molar-refractivity contribution in [3.05, 3.63) is 41.5 Å². The maximum atomic E-state index is 12.6. The third-order valence-corrected chi connectivity index (χ3v) is 5.49. The summed E-state index contributed by atoms with van der Waals surface area (Å²) in [6.45, 7) is -0.653. The maximum absolute atomic E-state index is 12.6. The summed E-state index contributed by atoms with van der Waals surface area (Å²) in [5, 5.41) is 69.1. The number of phenolic OH excluding ortho intramolecular Hbond substituents is 3. The van der Waals surface area contributed by atoms with Gasteiger partial charge in [-0.25, -0.2) is 0 Å². The lowest BCUT2D eigenvalue weighted by Gasteiger charge is -2.39. The van der Waals surface area contributed by atoms with Gasteiger partial charge in [0.1, 0.15) is 30.5 Å². The lowest BCUT2D eigenvalue weighted by atomic mass is 9.95. The number of ketones is 1. The molecule has 4 rings (SSSR count). The molecule has 2 heterocycles. The first-order chi connectivity index (χ1) is 15.2. The minimum Gasteiger partial charge on any atom is -0.504 e. The minimum absolute atomic E-state index is 0.0798. The molecule has 11 nitrogen and oxygen atoms in total. The molecular weight excluding hydrogens is 428 g/mol. The van der Waals surface area contributed by atoms with E-state index in [0.29, 0.717) is 5.56 Å². The molecule has 11 heteroatoms. The normalized spacial score (nSPS) is 29.8. The lowest BCUT2D eigenvalue weighted by molar-refractivity contribution is -0.277. The van der Waals surface area contributed by atoms with Crippen LogP contribution in [0.25, 0.3) is 0 Å². The molecule has 1 fully saturated rings. The first kappa shape index (κ1) is 22.1. The zero-order valence-corrected chi connectivity index (χ0v) is 16.5. The number of fused-ring (bicyclic) bond motifs is 1. The van der Waals surface area contributed by atoms with E-state index in [4.69, 9.17) is 14.2 Å². The van der Waals surface area contributed by atoms with E-state index < -0.39 is 54.9 Å². The van der Waals surface area contributed by atoms with Crippen LogP contribution < -0.4 is 9.47 Å². The van der Waals surface area contributed by atoms with Crippen molar-refractivity contribution in [2.24, 2.45) is 0 Å². The van der Waals surface area contributed by atoms with E-state index in [9.17, 15) is 40.5 Å². The van der Waals surface area contributed by atoms with Crippen molar-refractivity contribution in [2.45, 2.75) is 43.2 Å². The molecule has 6 atom stereocenters. The summed E-state index contributed by atoms with van der Waals surface area (Å²) >= 11 is 0. The second-order valence-electron chi connectivity index (χ2n) is 7.59. The molecule has 0 saturated carbocycles. The van der Waals surface area contributed by atoms with E-state index in [-0.39, 0.29) is 35.0 Å². The molecule has 0 bridgehead atoms. The van der Waals surface area contributed by atoms with Crippen LogP contribution in [-0.4, -0.2) is 78.8 Å². The van der Waals surface area contributed by atoms with Crippen molar-refractivity contribution < 1.29 is 54.8 Å². The summed E-state index contributed by atoms with van der Waals surface area (Å²) < 4.78 is 16.5. The van der Waals surface area contributed by atoms with E-state index in [1.807, 2.05) is 0 Å². The Morgan fingerprint density at radius 2 is 1.72 bits per heavy atom. The highest BCUT2D eigenvalue weighted by molar-refractivity contribution is 6.01. The van der Waals surface area contributed by atoms with Crippen molar-refractivity contribution in [3.8, 4) is 28.7 Å². The fourth-order valence-corrected chi connectivity index (χ4v) is 3.67. The summed E-state index contributed by atoms with van der Waals surface area (Å²) in [7, 11) is 0. The van der Waals surface area contributed by atoms with Crippen LogP contribution in [0.15, 0.2) is 30.3 Å². The van der Waals surface area contributed by atoms with Gasteiger partial charge >= 0.3 is 0 Å². The Labute approximate surface area is 181 Å². The fourth-order valence-electron chi connectivity index (χ4n) is 3.67. The first-order valence-electron chi connectivity index (χ1n) is 9.76. The molecule has 172 valence electrons. The van der Waals surface area contributed by atoms with Gasteiger partial charge in [-0.05, 0) is 29.8 Å². The number of Topliss-reactive ketones (excluding diaryl/α,β-unsaturated/α-hetero) is 1. The number of carbonyl (C=O) groups is 1. The third kappa shape index (κ3) is 3.80. The van der Waals surface area contributed by atoms with Gasteiger partial charge in [-0.1, -0.05) is 6.07 Å². The van der Waals surface area contributed by atoms with Crippen LogP contribution in [0.2, 0.25) is 0 Å². The van der Waals surface area contributed by atoms with Crippen molar-refractivity contribution >= 4 is 5.78 Å². The van der Waals surface area contributed by atoms with E-state index in [0.717, 1.165) is 0 Å². The predicted octanol–water partition coefficient (Wildman–Crippen LogP) is -0.311. The molecular formula is C21H22O11. The molecule has 1 saturated heterocycles. The van der Waals surface area contributed by atoms with Gasteiger partial charge in [-0.3, -0.25) is 4.79 Å². The molecule has 32 heavy (non-hydrogen) atoms. The van der Waals surface area contributed by atoms with Crippen LogP contribution in [0, 0.1) is 0 Å². The quantitative estimate of drug-likeness (QED) is 0.303. The van der Waals surface area contributed by atoms with Gasteiger partial charge in [0.05, 0.1) is 18.6 Å². The van der Waals surface area contributed by atoms with Gasteiger partial charge in [0.15, 0.2) is 28.8 Å². The number of benzene rings is 2. The minimum atomic E-state index is -1.70. The number of aliphatic hydroxyl groups is 4. The maximum Gasteiger partial charge on any atom is 0.229 e. The summed E-state index contributed by atoms with van der Waals surface area (Å²) in [5.74, 6) is -2.09. The summed E-state index contributed by atoms with van der Waals surface area (Å²) in [5.41, 5.74) is 0.474. The van der Waals surface area contributed by atoms with Crippen LogP contribution in [0.1, 0.15) is 28.4 Å². The molecule has 0 aromatic heterocycles. The van der Waals surface area contributed by atoms with E-state index in [1.165, 1.54) is 30.3 Å². The Bertz CT molecular complexity index is 1020. The number of aliphatic hydroxyl groups excluding tert-OH is 4. The van der Waals surface area contributed by atoms with Crippen LogP contribution >= 0.6 is 0 Å². The molecule has 0 radical (unpaired) electrons. The predicted molar refractivity (Wildman–Crippen MR) is 105 cm³/mol. The molecule has 0 amide bonds. The zero-order valence-electron chi connectivity index (χ0n) is 16.5. The Morgan fingerprint density at radius 1 is 0.969 bits per heavy atom. The van der Waals surface area contributed by atoms with Gasteiger partial charge < -0.3 is 50.0 Å². The Kier molecular flexibility index (Phi) is 5.84. The molecule has 0 aliphatic carbocycles. The van der Waals surface area contributed by atoms with E-state index in [2.05, 4.69) is 0 Å². The lowest BCUT2D eigenvalue weighted by Crippen LogP contribution is -2.60. The number of hydrogen-bond acceptors (Lipinski definition) is 11. The number of rotatable bonds is 4. The van der Waals surface area contributed by atoms with Gasteiger partial charge in [0.2, 0.25) is 12.0 Å². The van der Waals surface area contributed by atoms with Crippen molar-refractivity contribution in [3.63, 3.8) is 0 Å². The van der Waals surface area contributed by atoms with Gasteiger partial charge in [0.25, 0.3) is 0 Å². The van der Waals surface area contributed by atoms with E-state index in [1.54, 1.807) is 0 Å². The summed E-state index contributed by atoms with van der Waals surface area (Å²) in [6, 6.07) is 6.55. The second-order valence-corrected chi connectivity index (χ2v) is 7.59. The largest absolute Gasteiger partial charge is 0.504 e. The number of carbonyl (C=O) groups excluding carboxylic acids is 1. The summed E-state index contributed by atoms with van der Waals surface area (Å²) in [4.78, 5) is 12.6. The van der Waals surface area contributed by atoms with Gasteiger partial charge in [-0.15, -0.1) is 0 Å². The highest BCUT2D eigenvalue weighted by Gasteiger charge is 2.45.